The van der Waals surface area contributed by atoms with Crippen LogP contribution in [0.4, 0.5) is 14.9 Å². The Kier molecular flexibility index (Phi) is 4.84. The number of carbonyl (C=O) groups is 1. The average molecular weight is 354 g/mol. The highest BCUT2D eigenvalue weighted by Gasteiger charge is 2.42. The largest absolute Gasteiger partial charge is 0.333 e. The first-order chi connectivity index (χ1) is 12.7. The average Bonchev–Trinajstić information content (AvgIpc) is 2.65. The maximum Gasteiger partial charge on any atom is 0.319 e. The summed E-state index contributed by atoms with van der Waals surface area (Å²) in [6.45, 7) is 2.17. The topological polar surface area (TPSA) is 57.3 Å². The quantitative estimate of drug-likeness (QED) is 0.887. The molecule has 6 heteroatoms. The number of nitrogens with zero attached hydrogens (tertiary/aromatic N) is 2. The van der Waals surface area contributed by atoms with E-state index < -0.39 is 0 Å². The van der Waals surface area contributed by atoms with Gasteiger partial charge in [-0.25, -0.2) is 9.18 Å². The molecule has 3 aliphatic rings. The number of rotatable bonds is 4. The number of fused-ring (bicyclic) bond motifs is 3. The zero-order chi connectivity index (χ0) is 17.9. The van der Waals surface area contributed by atoms with Gasteiger partial charge in [-0.05, 0) is 68.1 Å². The zero-order valence-corrected chi connectivity index (χ0v) is 14.6. The van der Waals surface area contributed by atoms with E-state index >= 15 is 0 Å². The number of benzene rings is 1. The Labute approximate surface area is 152 Å². The monoisotopic (exact) mass is 354 g/mol. The third-order valence-electron chi connectivity index (χ3n) is 5.51. The lowest BCUT2D eigenvalue weighted by molar-refractivity contribution is 0.0184. The maximum atomic E-state index is 13.3. The van der Waals surface area contributed by atoms with Crippen molar-refractivity contribution >= 4 is 11.7 Å². The molecule has 5 nitrogen and oxygen atoms in total. The van der Waals surface area contributed by atoms with Gasteiger partial charge in [-0.15, -0.1) is 0 Å². The second-order valence-electron chi connectivity index (χ2n) is 7.14. The number of nitrogens with one attached hydrogen (secondary N) is 2. The molecule has 1 aromatic carbocycles. The van der Waals surface area contributed by atoms with Gasteiger partial charge < -0.3 is 10.6 Å². The van der Waals surface area contributed by atoms with E-state index in [1.165, 1.54) is 17.7 Å². The van der Waals surface area contributed by atoms with E-state index in [0.29, 0.717) is 11.6 Å². The molecule has 3 saturated heterocycles. The van der Waals surface area contributed by atoms with Gasteiger partial charge >= 0.3 is 6.03 Å². The van der Waals surface area contributed by atoms with Crippen molar-refractivity contribution < 1.29 is 9.18 Å². The number of urea groups is 1. The first kappa shape index (κ1) is 17.0. The van der Waals surface area contributed by atoms with Crippen LogP contribution in [0.15, 0.2) is 48.8 Å². The van der Waals surface area contributed by atoms with Gasteiger partial charge in [0.15, 0.2) is 0 Å². The Bertz CT molecular complexity index is 761. The summed E-state index contributed by atoms with van der Waals surface area (Å²) in [5, 5.41) is 5.91. The predicted molar refractivity (Wildman–Crippen MR) is 98.4 cm³/mol. The summed E-state index contributed by atoms with van der Waals surface area (Å²) in [6.07, 6.45) is 6.75. The highest BCUT2D eigenvalue weighted by molar-refractivity contribution is 5.89. The van der Waals surface area contributed by atoms with Gasteiger partial charge in [0.25, 0.3) is 0 Å². The molecule has 4 heterocycles. The van der Waals surface area contributed by atoms with E-state index in [9.17, 15) is 9.18 Å². The number of carbonyl (C=O) groups excluding carboxylic acids is 1. The van der Waals surface area contributed by atoms with E-state index in [1.54, 1.807) is 18.3 Å². The molecule has 0 saturated carbocycles. The van der Waals surface area contributed by atoms with Gasteiger partial charge in [0.1, 0.15) is 5.82 Å². The summed E-state index contributed by atoms with van der Waals surface area (Å²) in [5.41, 5.74) is 1.65. The molecule has 5 rings (SSSR count). The lowest BCUT2D eigenvalue weighted by atomic mass is 9.77. The SMILES string of the molecule is O=C(Nc1cccc(F)c1)NC1C2CCN(CC2)C1Cc1cccnc1. The summed E-state index contributed by atoms with van der Waals surface area (Å²) in [4.78, 5) is 19.2. The number of hydrogen-bond acceptors (Lipinski definition) is 3. The highest BCUT2D eigenvalue weighted by Crippen LogP contribution is 2.34. The molecule has 0 spiro atoms. The molecule has 3 fully saturated rings. The molecule has 0 radical (unpaired) electrons. The highest BCUT2D eigenvalue weighted by atomic mass is 19.1. The van der Waals surface area contributed by atoms with Crippen molar-refractivity contribution in [3.05, 3.63) is 60.2 Å². The Balaban J connectivity index is 1.46. The van der Waals surface area contributed by atoms with E-state index in [2.05, 4.69) is 26.6 Å². The second kappa shape index (κ2) is 7.41. The van der Waals surface area contributed by atoms with Crippen LogP contribution in [-0.2, 0) is 6.42 Å². The normalized spacial score (nSPS) is 27.1. The van der Waals surface area contributed by atoms with Crippen LogP contribution >= 0.6 is 0 Å². The number of anilines is 1. The third kappa shape index (κ3) is 3.70. The number of amides is 2. The molecule has 1 aromatic heterocycles. The minimum atomic E-state index is -0.361. The van der Waals surface area contributed by atoms with Gasteiger partial charge in [0, 0.05) is 30.2 Å². The van der Waals surface area contributed by atoms with Gasteiger partial charge in [-0.2, -0.15) is 0 Å². The summed E-state index contributed by atoms with van der Waals surface area (Å²) in [5.74, 6) is 0.125. The molecule has 2 unspecified atom stereocenters. The number of halogens is 1. The first-order valence-corrected chi connectivity index (χ1v) is 9.15. The maximum absolute atomic E-state index is 13.3. The van der Waals surface area contributed by atoms with Crippen molar-refractivity contribution in [2.45, 2.75) is 31.3 Å². The number of piperidine rings is 3. The van der Waals surface area contributed by atoms with Crippen LogP contribution in [0.1, 0.15) is 18.4 Å². The summed E-state index contributed by atoms with van der Waals surface area (Å²) in [7, 11) is 0. The lowest BCUT2D eigenvalue weighted by Crippen LogP contribution is -2.64. The smallest absolute Gasteiger partial charge is 0.319 e. The molecule has 2 bridgehead atoms. The Morgan fingerprint density at radius 3 is 2.81 bits per heavy atom. The lowest BCUT2D eigenvalue weighted by Gasteiger charge is -2.51. The minimum absolute atomic E-state index is 0.0891. The van der Waals surface area contributed by atoms with Crippen LogP contribution in [0.25, 0.3) is 0 Å². The molecule has 26 heavy (non-hydrogen) atoms. The van der Waals surface area contributed by atoms with Crippen molar-refractivity contribution in [1.82, 2.24) is 15.2 Å². The molecule has 136 valence electrons. The fourth-order valence-corrected chi connectivity index (χ4v) is 4.27. The van der Waals surface area contributed by atoms with Gasteiger partial charge in [0.05, 0.1) is 0 Å². The van der Waals surface area contributed by atoms with Crippen molar-refractivity contribution in [3.63, 3.8) is 0 Å². The Morgan fingerprint density at radius 2 is 2.08 bits per heavy atom. The summed E-state index contributed by atoms with van der Waals surface area (Å²) < 4.78 is 13.3. The molecule has 2 atom stereocenters. The number of hydrogen-bond donors (Lipinski definition) is 2. The van der Waals surface area contributed by atoms with Crippen LogP contribution in [0, 0.1) is 11.7 Å². The molecule has 3 aliphatic heterocycles. The van der Waals surface area contributed by atoms with Crippen molar-refractivity contribution in [2.75, 3.05) is 18.4 Å². The van der Waals surface area contributed by atoms with Crippen LogP contribution in [0.2, 0.25) is 0 Å². The third-order valence-corrected chi connectivity index (χ3v) is 5.51. The van der Waals surface area contributed by atoms with Crippen LogP contribution in [0.5, 0.6) is 0 Å². The number of pyridine rings is 1. The predicted octanol–water partition coefficient (Wildman–Crippen LogP) is 3.05. The molecule has 0 aliphatic carbocycles. The Hall–Kier alpha value is -2.47. The zero-order valence-electron chi connectivity index (χ0n) is 14.6. The van der Waals surface area contributed by atoms with Crippen LogP contribution in [0.3, 0.4) is 0 Å². The van der Waals surface area contributed by atoms with E-state index in [4.69, 9.17) is 0 Å². The van der Waals surface area contributed by atoms with Crippen molar-refractivity contribution in [2.24, 2.45) is 5.92 Å². The minimum Gasteiger partial charge on any atom is -0.333 e. The first-order valence-electron chi connectivity index (χ1n) is 9.15. The molecule has 2 aromatic rings. The molecular weight excluding hydrogens is 331 g/mol. The van der Waals surface area contributed by atoms with Gasteiger partial charge in [0.2, 0.25) is 0 Å². The Morgan fingerprint density at radius 1 is 1.23 bits per heavy atom. The summed E-state index contributed by atoms with van der Waals surface area (Å²) >= 11 is 0. The van der Waals surface area contributed by atoms with E-state index in [-0.39, 0.29) is 23.9 Å². The van der Waals surface area contributed by atoms with Crippen molar-refractivity contribution in [3.8, 4) is 0 Å². The van der Waals surface area contributed by atoms with Crippen LogP contribution in [-0.4, -0.2) is 41.1 Å². The molecule has 2 N–H and O–H groups in total. The fourth-order valence-electron chi connectivity index (χ4n) is 4.27. The second-order valence-corrected chi connectivity index (χ2v) is 7.14. The number of aromatic nitrogens is 1. The van der Waals surface area contributed by atoms with E-state index in [0.717, 1.165) is 32.4 Å². The van der Waals surface area contributed by atoms with E-state index in [1.807, 2.05) is 12.3 Å². The molecule has 2 amide bonds. The molecular formula is C20H23FN4O. The summed E-state index contributed by atoms with van der Waals surface area (Å²) in [6, 6.07) is 10.1. The van der Waals surface area contributed by atoms with Crippen molar-refractivity contribution in [1.29, 1.82) is 0 Å². The van der Waals surface area contributed by atoms with Gasteiger partial charge in [-0.1, -0.05) is 12.1 Å². The fraction of sp³-hybridized carbons (Fsp3) is 0.400. The standard InChI is InChI=1S/C20H23FN4O/c21-16-4-1-5-17(12-16)23-20(26)24-19-15-6-9-25(10-7-15)18(19)11-14-3-2-8-22-13-14/h1-5,8,12-13,15,18-19H,6-7,9-11H2,(H2,23,24,26). The van der Waals surface area contributed by atoms with Crippen LogP contribution < -0.4 is 10.6 Å². The van der Waals surface area contributed by atoms with Gasteiger partial charge in [-0.3, -0.25) is 9.88 Å².